The molecule has 2 unspecified atom stereocenters. The van der Waals surface area contributed by atoms with Crippen molar-refractivity contribution in [2.75, 3.05) is 12.4 Å². The summed E-state index contributed by atoms with van der Waals surface area (Å²) < 4.78 is 5.06. The molecule has 1 heterocycles. The van der Waals surface area contributed by atoms with Crippen LogP contribution >= 0.6 is 15.9 Å². The lowest BCUT2D eigenvalue weighted by Crippen LogP contribution is -2.18. The number of methoxy groups -OCH3 is 1. The fraction of sp³-hybridized carbons (Fsp3) is 0.545. The highest BCUT2D eigenvalue weighted by Crippen LogP contribution is 2.16. The van der Waals surface area contributed by atoms with E-state index >= 15 is 0 Å². The first kappa shape index (κ1) is 12.3. The van der Waals surface area contributed by atoms with E-state index < -0.39 is 0 Å². The fourth-order valence-corrected chi connectivity index (χ4v) is 2.00. The molecular weight excluding hydrogens is 256 g/mol. The van der Waals surface area contributed by atoms with E-state index in [9.17, 15) is 0 Å². The van der Waals surface area contributed by atoms with Crippen LogP contribution in [0.2, 0.25) is 0 Å². The standard InChI is InChI=1S/C11H17BrN2O/c1-8(12)6-9(2)14-10-4-5-13-11(7-10)15-3/h4-5,7-9H,6H2,1-3H3,(H,13,14). The van der Waals surface area contributed by atoms with Gasteiger partial charge in [-0.25, -0.2) is 4.98 Å². The van der Waals surface area contributed by atoms with Gasteiger partial charge in [0.25, 0.3) is 0 Å². The van der Waals surface area contributed by atoms with Crippen LogP contribution in [0.25, 0.3) is 0 Å². The molecule has 0 amide bonds. The molecule has 1 aromatic rings. The van der Waals surface area contributed by atoms with Gasteiger partial charge in [-0.1, -0.05) is 22.9 Å². The number of pyridine rings is 1. The summed E-state index contributed by atoms with van der Waals surface area (Å²) in [7, 11) is 1.62. The molecule has 1 N–H and O–H groups in total. The van der Waals surface area contributed by atoms with Gasteiger partial charge in [0.15, 0.2) is 0 Å². The Morgan fingerprint density at radius 3 is 2.87 bits per heavy atom. The third-order valence-electron chi connectivity index (χ3n) is 2.04. The highest BCUT2D eigenvalue weighted by atomic mass is 79.9. The number of rotatable bonds is 5. The van der Waals surface area contributed by atoms with Crippen molar-refractivity contribution in [1.29, 1.82) is 0 Å². The van der Waals surface area contributed by atoms with Gasteiger partial charge in [-0.15, -0.1) is 0 Å². The zero-order valence-corrected chi connectivity index (χ0v) is 10.9. The maximum absolute atomic E-state index is 5.06. The Bertz CT molecular complexity index is 304. The summed E-state index contributed by atoms with van der Waals surface area (Å²) >= 11 is 3.54. The van der Waals surface area contributed by atoms with Crippen LogP contribution in [0.5, 0.6) is 5.88 Å². The third kappa shape index (κ3) is 4.51. The molecule has 0 saturated heterocycles. The minimum absolute atomic E-state index is 0.423. The number of nitrogens with zero attached hydrogens (tertiary/aromatic N) is 1. The van der Waals surface area contributed by atoms with E-state index in [1.807, 2.05) is 12.1 Å². The number of aromatic nitrogens is 1. The van der Waals surface area contributed by atoms with Crippen molar-refractivity contribution < 1.29 is 4.74 Å². The normalized spacial score (nSPS) is 14.4. The largest absolute Gasteiger partial charge is 0.481 e. The lowest BCUT2D eigenvalue weighted by molar-refractivity contribution is 0.398. The molecule has 1 aromatic heterocycles. The van der Waals surface area contributed by atoms with Crippen molar-refractivity contribution in [2.24, 2.45) is 0 Å². The van der Waals surface area contributed by atoms with Gasteiger partial charge >= 0.3 is 0 Å². The zero-order chi connectivity index (χ0) is 11.3. The Hall–Kier alpha value is -0.770. The molecule has 2 atom stereocenters. The van der Waals surface area contributed by atoms with Gasteiger partial charge in [-0.05, 0) is 19.4 Å². The summed E-state index contributed by atoms with van der Waals surface area (Å²) in [6, 6.07) is 4.26. The summed E-state index contributed by atoms with van der Waals surface area (Å²) in [4.78, 5) is 4.57. The Labute approximate surface area is 99.4 Å². The maximum atomic E-state index is 5.06. The molecule has 1 rings (SSSR count). The van der Waals surface area contributed by atoms with E-state index in [1.54, 1.807) is 13.3 Å². The molecule has 0 radical (unpaired) electrons. The van der Waals surface area contributed by atoms with Gasteiger partial charge in [-0.2, -0.15) is 0 Å². The highest BCUT2D eigenvalue weighted by molar-refractivity contribution is 9.09. The van der Waals surface area contributed by atoms with Crippen LogP contribution in [0.15, 0.2) is 18.3 Å². The van der Waals surface area contributed by atoms with Crippen LogP contribution in [0.4, 0.5) is 5.69 Å². The lowest BCUT2D eigenvalue weighted by atomic mass is 10.2. The number of hydrogen-bond donors (Lipinski definition) is 1. The number of alkyl halides is 1. The molecule has 3 nitrogen and oxygen atoms in total. The maximum Gasteiger partial charge on any atom is 0.214 e. The topological polar surface area (TPSA) is 34.1 Å². The van der Waals surface area contributed by atoms with Crippen molar-refractivity contribution in [3.63, 3.8) is 0 Å². The third-order valence-corrected chi connectivity index (χ3v) is 2.41. The van der Waals surface area contributed by atoms with E-state index in [4.69, 9.17) is 4.74 Å². The Balaban J connectivity index is 2.55. The first-order chi connectivity index (χ1) is 7.11. The van der Waals surface area contributed by atoms with Crippen LogP contribution in [-0.4, -0.2) is 23.0 Å². The minimum atomic E-state index is 0.423. The molecule has 4 heteroatoms. The second kappa shape index (κ2) is 5.95. The summed E-state index contributed by atoms with van der Waals surface area (Å²) in [6.45, 7) is 4.30. The van der Waals surface area contributed by atoms with Gasteiger partial charge in [-0.3, -0.25) is 0 Å². The van der Waals surface area contributed by atoms with E-state index in [2.05, 4.69) is 40.1 Å². The minimum Gasteiger partial charge on any atom is -0.481 e. The van der Waals surface area contributed by atoms with Gasteiger partial charge in [0.2, 0.25) is 5.88 Å². The quantitative estimate of drug-likeness (QED) is 0.837. The first-order valence-electron chi connectivity index (χ1n) is 5.02. The van der Waals surface area contributed by atoms with Crippen LogP contribution in [0.3, 0.4) is 0 Å². The Morgan fingerprint density at radius 1 is 1.53 bits per heavy atom. The van der Waals surface area contributed by atoms with Crippen LogP contribution in [-0.2, 0) is 0 Å². The summed E-state index contributed by atoms with van der Waals surface area (Å²) in [5.74, 6) is 0.638. The monoisotopic (exact) mass is 272 g/mol. The molecule has 0 aromatic carbocycles. The van der Waals surface area contributed by atoms with Crippen LogP contribution in [0, 0.1) is 0 Å². The number of anilines is 1. The summed E-state index contributed by atoms with van der Waals surface area (Å²) in [6.07, 6.45) is 2.82. The van der Waals surface area contributed by atoms with Gasteiger partial charge in [0, 0.05) is 28.8 Å². The lowest BCUT2D eigenvalue weighted by Gasteiger charge is -2.16. The van der Waals surface area contributed by atoms with Gasteiger partial charge in [0.1, 0.15) is 0 Å². The molecule has 0 saturated carbocycles. The Morgan fingerprint density at radius 2 is 2.27 bits per heavy atom. The molecule has 0 spiro atoms. The van der Waals surface area contributed by atoms with Crippen molar-refractivity contribution in [3.05, 3.63) is 18.3 Å². The van der Waals surface area contributed by atoms with Crippen molar-refractivity contribution >= 4 is 21.6 Å². The van der Waals surface area contributed by atoms with E-state index in [0.717, 1.165) is 12.1 Å². The van der Waals surface area contributed by atoms with E-state index in [1.165, 1.54) is 0 Å². The van der Waals surface area contributed by atoms with Crippen LogP contribution in [0.1, 0.15) is 20.3 Å². The van der Waals surface area contributed by atoms with Crippen molar-refractivity contribution in [2.45, 2.75) is 31.1 Å². The summed E-state index contributed by atoms with van der Waals surface area (Å²) in [5.41, 5.74) is 1.04. The zero-order valence-electron chi connectivity index (χ0n) is 9.33. The molecule has 0 aliphatic rings. The number of ether oxygens (including phenoxy) is 1. The Kier molecular flexibility index (Phi) is 4.88. The van der Waals surface area contributed by atoms with Crippen molar-refractivity contribution in [3.8, 4) is 5.88 Å². The second-order valence-electron chi connectivity index (χ2n) is 3.65. The molecule has 0 aliphatic carbocycles. The van der Waals surface area contributed by atoms with Gasteiger partial charge < -0.3 is 10.1 Å². The predicted octanol–water partition coefficient (Wildman–Crippen LogP) is 3.06. The number of nitrogens with one attached hydrogen (secondary N) is 1. The SMILES string of the molecule is COc1cc(NC(C)CC(C)Br)ccn1. The molecule has 84 valence electrons. The molecule has 0 bridgehead atoms. The smallest absolute Gasteiger partial charge is 0.214 e. The van der Waals surface area contributed by atoms with E-state index in [0.29, 0.717) is 16.7 Å². The fourth-order valence-electron chi connectivity index (χ4n) is 1.44. The average molecular weight is 273 g/mol. The highest BCUT2D eigenvalue weighted by Gasteiger charge is 2.06. The molecule has 0 fully saturated rings. The average Bonchev–Trinajstić information content (AvgIpc) is 2.16. The predicted molar refractivity (Wildman–Crippen MR) is 66.9 cm³/mol. The van der Waals surface area contributed by atoms with Gasteiger partial charge in [0.05, 0.1) is 7.11 Å². The van der Waals surface area contributed by atoms with Crippen molar-refractivity contribution in [1.82, 2.24) is 4.98 Å². The molecular formula is C11H17BrN2O. The number of halogens is 1. The van der Waals surface area contributed by atoms with Crippen LogP contribution < -0.4 is 10.1 Å². The second-order valence-corrected chi connectivity index (χ2v) is 5.21. The summed E-state index contributed by atoms with van der Waals surface area (Å²) in [5, 5.41) is 3.40. The molecule has 0 aliphatic heterocycles. The number of hydrogen-bond acceptors (Lipinski definition) is 3. The van der Waals surface area contributed by atoms with E-state index in [-0.39, 0.29) is 0 Å². The first-order valence-corrected chi connectivity index (χ1v) is 5.94. The molecule has 15 heavy (non-hydrogen) atoms.